The summed E-state index contributed by atoms with van der Waals surface area (Å²) in [6.07, 6.45) is 0. The summed E-state index contributed by atoms with van der Waals surface area (Å²) in [6, 6.07) is -1.01. The normalized spacial score (nSPS) is 41.5. The highest BCUT2D eigenvalue weighted by Crippen LogP contribution is 2.39. The molecule has 15 heavy (non-hydrogen) atoms. The fraction of sp³-hybridized carbons (Fsp3) is 0.889. The van der Waals surface area contributed by atoms with Gasteiger partial charge in [-0.3, -0.25) is 4.79 Å². The Balaban J connectivity index is 2.17. The van der Waals surface area contributed by atoms with Crippen LogP contribution in [0.1, 0.15) is 6.92 Å². The average Bonchev–Trinajstić information content (AvgIpc) is 2.20. The molecular formula is C9H15NO5. The van der Waals surface area contributed by atoms with Crippen molar-refractivity contribution in [1.29, 1.82) is 0 Å². The zero-order valence-corrected chi connectivity index (χ0v) is 8.78. The number of rotatable bonds is 3. The molecule has 3 aliphatic rings. The quantitative estimate of drug-likeness (QED) is 0.657. The lowest BCUT2D eigenvalue weighted by Crippen LogP contribution is -2.68. The number of carboxylic acids is 1. The molecule has 0 radical (unpaired) electrons. The Morgan fingerprint density at radius 1 is 1.33 bits per heavy atom. The van der Waals surface area contributed by atoms with Crippen LogP contribution in [0.25, 0.3) is 0 Å². The molecule has 6 nitrogen and oxygen atoms in total. The van der Waals surface area contributed by atoms with Crippen LogP contribution >= 0.6 is 0 Å². The van der Waals surface area contributed by atoms with Gasteiger partial charge >= 0.3 is 11.9 Å². The third kappa shape index (κ3) is 1.63. The summed E-state index contributed by atoms with van der Waals surface area (Å²) in [5.41, 5.74) is -0.154. The summed E-state index contributed by atoms with van der Waals surface area (Å²) in [5.74, 6) is -2.51. The number of hydrogen-bond acceptors (Lipinski definition) is 5. The monoisotopic (exact) mass is 217 g/mol. The van der Waals surface area contributed by atoms with Crippen LogP contribution in [-0.4, -0.2) is 50.0 Å². The Hall–Kier alpha value is -0.690. The van der Waals surface area contributed by atoms with E-state index in [4.69, 9.17) is 19.3 Å². The SMILES string of the molecule is CNC(C(=O)O)C12OCC(C)(CO1)CO2. The van der Waals surface area contributed by atoms with E-state index >= 15 is 0 Å². The van der Waals surface area contributed by atoms with Gasteiger partial charge in [0.15, 0.2) is 6.04 Å². The van der Waals surface area contributed by atoms with E-state index in [1.54, 1.807) is 0 Å². The minimum atomic E-state index is -1.46. The topological polar surface area (TPSA) is 77.0 Å². The Morgan fingerprint density at radius 2 is 1.80 bits per heavy atom. The van der Waals surface area contributed by atoms with Gasteiger partial charge in [0.05, 0.1) is 19.8 Å². The summed E-state index contributed by atoms with van der Waals surface area (Å²) < 4.78 is 16.2. The molecule has 0 amide bonds. The third-order valence-electron chi connectivity index (χ3n) is 2.75. The van der Waals surface area contributed by atoms with Gasteiger partial charge in [-0.1, -0.05) is 6.92 Å². The van der Waals surface area contributed by atoms with Crippen molar-refractivity contribution in [2.24, 2.45) is 5.41 Å². The lowest BCUT2D eigenvalue weighted by Gasteiger charge is -2.51. The molecule has 6 heteroatoms. The van der Waals surface area contributed by atoms with Crippen LogP contribution in [0.2, 0.25) is 0 Å². The second-order valence-electron chi connectivity index (χ2n) is 4.34. The van der Waals surface area contributed by atoms with Crippen LogP contribution in [0.4, 0.5) is 0 Å². The van der Waals surface area contributed by atoms with E-state index in [2.05, 4.69) is 5.32 Å². The van der Waals surface area contributed by atoms with E-state index in [1.807, 2.05) is 6.92 Å². The van der Waals surface area contributed by atoms with E-state index < -0.39 is 18.0 Å². The number of ether oxygens (including phenoxy) is 3. The molecule has 1 atom stereocenters. The molecular weight excluding hydrogens is 202 g/mol. The number of carboxylic acid groups (broad SMARTS) is 1. The molecule has 0 saturated carbocycles. The second-order valence-corrected chi connectivity index (χ2v) is 4.34. The van der Waals surface area contributed by atoms with E-state index in [0.717, 1.165) is 0 Å². The molecule has 0 aliphatic carbocycles. The van der Waals surface area contributed by atoms with Crippen molar-refractivity contribution in [3.63, 3.8) is 0 Å². The smallest absolute Gasteiger partial charge is 0.329 e. The first kappa shape index (κ1) is 10.8. The van der Waals surface area contributed by atoms with E-state index in [9.17, 15) is 4.79 Å². The standard InChI is InChI=1S/C9H15NO5/c1-8-3-13-9(14-4-8,15-5-8)6(10-2)7(11)12/h6,10H,3-5H2,1-2H3,(H,11,12). The molecule has 3 rings (SSSR count). The fourth-order valence-electron chi connectivity index (χ4n) is 1.78. The van der Waals surface area contributed by atoms with Crippen LogP contribution in [-0.2, 0) is 19.0 Å². The molecule has 2 bridgehead atoms. The lowest BCUT2D eigenvalue weighted by atomic mass is 9.91. The van der Waals surface area contributed by atoms with Crippen molar-refractivity contribution in [2.75, 3.05) is 26.9 Å². The maximum absolute atomic E-state index is 11.0. The molecule has 0 aromatic carbocycles. The molecule has 3 aliphatic heterocycles. The summed E-state index contributed by atoms with van der Waals surface area (Å²) in [4.78, 5) is 11.0. The van der Waals surface area contributed by atoms with Crippen molar-refractivity contribution in [2.45, 2.75) is 18.9 Å². The number of hydrogen-bond donors (Lipinski definition) is 2. The van der Waals surface area contributed by atoms with E-state index in [-0.39, 0.29) is 5.41 Å². The van der Waals surface area contributed by atoms with Crippen LogP contribution in [0.3, 0.4) is 0 Å². The number of fused-ring (bicyclic) bond motifs is 3. The fourth-order valence-corrected chi connectivity index (χ4v) is 1.78. The van der Waals surface area contributed by atoms with Gasteiger partial charge < -0.3 is 24.6 Å². The van der Waals surface area contributed by atoms with Crippen LogP contribution in [0.5, 0.6) is 0 Å². The summed E-state index contributed by atoms with van der Waals surface area (Å²) in [6.45, 7) is 3.35. The second kappa shape index (κ2) is 3.41. The molecule has 3 saturated heterocycles. The molecule has 2 N–H and O–H groups in total. The van der Waals surface area contributed by atoms with Crippen LogP contribution < -0.4 is 5.32 Å². The first-order valence-corrected chi connectivity index (χ1v) is 4.83. The zero-order valence-electron chi connectivity index (χ0n) is 8.78. The first-order chi connectivity index (χ1) is 7.01. The van der Waals surface area contributed by atoms with Crippen molar-refractivity contribution < 1.29 is 24.1 Å². The minimum absolute atomic E-state index is 0.154. The molecule has 0 aromatic heterocycles. The molecule has 3 fully saturated rings. The zero-order chi connectivity index (χ0) is 11.1. The van der Waals surface area contributed by atoms with Crippen molar-refractivity contribution in [3.05, 3.63) is 0 Å². The summed E-state index contributed by atoms with van der Waals surface area (Å²) in [7, 11) is 1.53. The van der Waals surface area contributed by atoms with Gasteiger partial charge in [-0.25, -0.2) is 0 Å². The van der Waals surface area contributed by atoms with Gasteiger partial charge in [-0.15, -0.1) is 0 Å². The number of carbonyl (C=O) groups is 1. The van der Waals surface area contributed by atoms with Crippen LogP contribution in [0, 0.1) is 5.41 Å². The first-order valence-electron chi connectivity index (χ1n) is 4.83. The molecule has 0 spiro atoms. The Labute approximate surface area is 87.5 Å². The lowest BCUT2D eigenvalue weighted by molar-refractivity contribution is -0.470. The number of nitrogens with one attached hydrogen (secondary N) is 1. The maximum Gasteiger partial charge on any atom is 0.329 e. The molecule has 86 valence electrons. The van der Waals surface area contributed by atoms with Gasteiger partial charge in [0.1, 0.15) is 0 Å². The molecule has 0 aromatic rings. The van der Waals surface area contributed by atoms with E-state index in [1.165, 1.54) is 7.05 Å². The van der Waals surface area contributed by atoms with Gasteiger partial charge in [-0.05, 0) is 7.05 Å². The Bertz CT molecular complexity index is 255. The minimum Gasteiger partial charge on any atom is -0.480 e. The summed E-state index contributed by atoms with van der Waals surface area (Å²) in [5, 5.41) is 11.6. The van der Waals surface area contributed by atoms with Crippen molar-refractivity contribution in [1.82, 2.24) is 5.32 Å². The van der Waals surface area contributed by atoms with E-state index in [0.29, 0.717) is 19.8 Å². The number of likely N-dealkylation sites (N-methyl/N-ethyl adjacent to an activating group) is 1. The Morgan fingerprint density at radius 3 is 2.13 bits per heavy atom. The maximum atomic E-state index is 11.0. The Kier molecular flexibility index (Phi) is 2.46. The van der Waals surface area contributed by atoms with Crippen molar-refractivity contribution in [3.8, 4) is 0 Å². The predicted molar refractivity (Wildman–Crippen MR) is 49.2 cm³/mol. The highest BCUT2D eigenvalue weighted by atomic mass is 16.9. The van der Waals surface area contributed by atoms with Crippen molar-refractivity contribution >= 4 is 5.97 Å². The number of aliphatic carboxylic acids is 1. The summed E-state index contributed by atoms with van der Waals surface area (Å²) >= 11 is 0. The largest absolute Gasteiger partial charge is 0.480 e. The molecule has 3 heterocycles. The average molecular weight is 217 g/mol. The highest BCUT2D eigenvalue weighted by Gasteiger charge is 2.57. The highest BCUT2D eigenvalue weighted by molar-refractivity contribution is 5.74. The van der Waals surface area contributed by atoms with Crippen LogP contribution in [0.15, 0.2) is 0 Å². The van der Waals surface area contributed by atoms with Gasteiger partial charge in [-0.2, -0.15) is 0 Å². The van der Waals surface area contributed by atoms with Gasteiger partial charge in [0.25, 0.3) is 0 Å². The third-order valence-corrected chi connectivity index (χ3v) is 2.75. The van der Waals surface area contributed by atoms with Gasteiger partial charge in [0, 0.05) is 5.41 Å². The van der Waals surface area contributed by atoms with Gasteiger partial charge in [0.2, 0.25) is 0 Å². The molecule has 1 unspecified atom stereocenters. The predicted octanol–water partition coefficient (Wildman–Crippen LogP) is -0.604.